The molecule has 0 aliphatic carbocycles. The van der Waals surface area contributed by atoms with Gasteiger partial charge in [-0.25, -0.2) is 0 Å². The Hall–Kier alpha value is -1.39. The first kappa shape index (κ1) is 9.18. The van der Waals surface area contributed by atoms with E-state index in [0.29, 0.717) is 5.75 Å². The molecule has 0 spiro atoms. The highest BCUT2D eigenvalue weighted by molar-refractivity contribution is 7.74. The minimum Gasteiger partial charge on any atom is -0.379 e. The second-order valence-corrected chi connectivity index (χ2v) is 3.38. The number of hydrogen-bond donors (Lipinski definition) is 1. The summed E-state index contributed by atoms with van der Waals surface area (Å²) in [6.07, 6.45) is 0. The Balaban J connectivity index is 2.59. The molecule has 2 aromatic carbocycles. The van der Waals surface area contributed by atoms with E-state index in [1.54, 1.807) is 12.1 Å². The quantitative estimate of drug-likeness (QED) is 0.770. The first-order valence-corrected chi connectivity index (χ1v) is 5.07. The van der Waals surface area contributed by atoms with Crippen molar-refractivity contribution in [2.75, 3.05) is 0 Å². The predicted octanol–water partition coefficient (Wildman–Crippen LogP) is 2.36. The number of fused-ring (bicyclic) bond motifs is 1. The molecule has 0 fully saturated rings. The van der Waals surface area contributed by atoms with Crippen LogP contribution in [0.2, 0.25) is 0 Å². The number of benzene rings is 2. The largest absolute Gasteiger partial charge is 0.379 e. The van der Waals surface area contributed by atoms with Crippen molar-refractivity contribution in [1.82, 2.24) is 0 Å². The van der Waals surface area contributed by atoms with Crippen LogP contribution in [0.15, 0.2) is 42.5 Å². The van der Waals surface area contributed by atoms with Gasteiger partial charge in [-0.3, -0.25) is 4.55 Å². The molecule has 14 heavy (non-hydrogen) atoms. The van der Waals surface area contributed by atoms with Crippen LogP contribution in [0.3, 0.4) is 0 Å². The van der Waals surface area contributed by atoms with E-state index < -0.39 is 11.4 Å². The molecule has 0 radical (unpaired) electrons. The summed E-state index contributed by atoms with van der Waals surface area (Å²) >= 11 is -2.27. The molecule has 0 heterocycles. The molecule has 3 nitrogen and oxygen atoms in total. The summed E-state index contributed by atoms with van der Waals surface area (Å²) < 4.78 is 23.9. The van der Waals surface area contributed by atoms with Crippen molar-refractivity contribution in [1.29, 1.82) is 0 Å². The van der Waals surface area contributed by atoms with Gasteiger partial charge in [0.15, 0.2) is 0 Å². The maximum absolute atomic E-state index is 10.5. The van der Waals surface area contributed by atoms with Crippen molar-refractivity contribution in [3.05, 3.63) is 42.5 Å². The van der Waals surface area contributed by atoms with Gasteiger partial charge in [0.1, 0.15) is 5.75 Å². The van der Waals surface area contributed by atoms with Crippen molar-refractivity contribution in [3.8, 4) is 5.75 Å². The fraction of sp³-hybridized carbons (Fsp3) is 0. The first-order valence-electron chi connectivity index (χ1n) is 4.04. The lowest BCUT2D eigenvalue weighted by molar-refractivity contribution is 0.460. The van der Waals surface area contributed by atoms with E-state index in [1.807, 2.05) is 30.3 Å². The van der Waals surface area contributed by atoms with Gasteiger partial charge >= 0.3 is 11.4 Å². The second-order valence-electron chi connectivity index (χ2n) is 2.78. The summed E-state index contributed by atoms with van der Waals surface area (Å²) in [4.78, 5) is 0. The third-order valence-electron chi connectivity index (χ3n) is 1.91. The molecule has 0 aliphatic heterocycles. The molecule has 0 amide bonds. The smallest absolute Gasteiger partial charge is 0.357 e. The molecule has 4 heteroatoms. The van der Waals surface area contributed by atoms with Crippen molar-refractivity contribution in [3.63, 3.8) is 0 Å². The van der Waals surface area contributed by atoms with Crippen molar-refractivity contribution >= 4 is 22.1 Å². The molecule has 0 saturated heterocycles. The molecule has 1 atom stereocenters. The second kappa shape index (κ2) is 3.77. The Labute approximate surface area is 83.8 Å². The predicted molar refractivity (Wildman–Crippen MR) is 55.3 cm³/mol. The average Bonchev–Trinajstić information content (AvgIpc) is 2.18. The number of hydrogen-bond acceptors (Lipinski definition) is 2. The first-order chi connectivity index (χ1) is 6.77. The van der Waals surface area contributed by atoms with Crippen LogP contribution in [0, 0.1) is 0 Å². The van der Waals surface area contributed by atoms with Gasteiger partial charge in [0, 0.05) is 5.39 Å². The molecule has 1 N–H and O–H groups in total. The minimum atomic E-state index is -2.27. The van der Waals surface area contributed by atoms with Gasteiger partial charge in [0.25, 0.3) is 0 Å². The van der Waals surface area contributed by atoms with E-state index in [4.69, 9.17) is 8.74 Å². The third kappa shape index (κ3) is 1.76. The number of rotatable bonds is 2. The Kier molecular flexibility index (Phi) is 2.47. The molecule has 0 saturated carbocycles. The summed E-state index contributed by atoms with van der Waals surface area (Å²) in [7, 11) is 0. The standard InChI is InChI=1S/C10H8O3S/c11-14(12)13-10-7-3-5-8-4-1-2-6-9(8)10/h1-7H,(H,11,12). The van der Waals surface area contributed by atoms with Crippen LogP contribution in [0.5, 0.6) is 5.75 Å². The highest BCUT2D eigenvalue weighted by atomic mass is 32.2. The molecule has 1 unspecified atom stereocenters. The summed E-state index contributed by atoms with van der Waals surface area (Å²) in [5, 5.41) is 1.81. The maximum Gasteiger partial charge on any atom is 0.357 e. The average molecular weight is 208 g/mol. The SMILES string of the molecule is O=S(O)Oc1cccc2ccccc12. The normalized spacial score (nSPS) is 12.6. The van der Waals surface area contributed by atoms with Gasteiger partial charge in [-0.05, 0) is 11.5 Å². The zero-order valence-corrected chi connectivity index (χ0v) is 8.03. The summed E-state index contributed by atoms with van der Waals surface area (Å²) in [6, 6.07) is 12.9. The van der Waals surface area contributed by atoms with Crippen LogP contribution in [0.1, 0.15) is 0 Å². The molecule has 72 valence electrons. The van der Waals surface area contributed by atoms with E-state index >= 15 is 0 Å². The van der Waals surface area contributed by atoms with E-state index in [1.165, 1.54) is 0 Å². The van der Waals surface area contributed by atoms with E-state index in [-0.39, 0.29) is 0 Å². The van der Waals surface area contributed by atoms with Gasteiger partial charge in [-0.15, -0.1) is 0 Å². The van der Waals surface area contributed by atoms with E-state index in [2.05, 4.69) is 0 Å². The van der Waals surface area contributed by atoms with Crippen LogP contribution in [-0.4, -0.2) is 8.76 Å². The summed E-state index contributed by atoms with van der Waals surface area (Å²) in [5.74, 6) is 0.420. The zero-order valence-electron chi connectivity index (χ0n) is 7.21. The Morgan fingerprint density at radius 2 is 1.79 bits per heavy atom. The Morgan fingerprint density at radius 1 is 1.07 bits per heavy atom. The molecule has 2 aromatic rings. The molecule has 2 rings (SSSR count). The molecular formula is C10H8O3S. The van der Waals surface area contributed by atoms with Crippen molar-refractivity contribution < 1.29 is 12.9 Å². The van der Waals surface area contributed by atoms with Crippen LogP contribution >= 0.6 is 0 Å². The summed E-state index contributed by atoms with van der Waals surface area (Å²) in [5.41, 5.74) is 0. The molecule has 0 aliphatic rings. The van der Waals surface area contributed by atoms with Gasteiger partial charge in [-0.1, -0.05) is 36.4 Å². The van der Waals surface area contributed by atoms with Gasteiger partial charge in [0.2, 0.25) is 0 Å². The highest BCUT2D eigenvalue weighted by Gasteiger charge is 2.03. The molecular weight excluding hydrogens is 200 g/mol. The van der Waals surface area contributed by atoms with Gasteiger partial charge < -0.3 is 4.18 Å². The zero-order chi connectivity index (χ0) is 9.97. The van der Waals surface area contributed by atoms with Crippen LogP contribution in [0.4, 0.5) is 0 Å². The van der Waals surface area contributed by atoms with E-state index in [9.17, 15) is 4.21 Å². The van der Waals surface area contributed by atoms with Crippen LogP contribution in [0.25, 0.3) is 10.8 Å². The van der Waals surface area contributed by atoms with Gasteiger partial charge in [-0.2, -0.15) is 4.21 Å². The Bertz CT molecular complexity index is 476. The Morgan fingerprint density at radius 3 is 2.57 bits per heavy atom. The van der Waals surface area contributed by atoms with Crippen molar-refractivity contribution in [2.24, 2.45) is 0 Å². The van der Waals surface area contributed by atoms with Crippen LogP contribution in [-0.2, 0) is 11.4 Å². The topological polar surface area (TPSA) is 46.5 Å². The minimum absolute atomic E-state index is 0.420. The molecule has 0 aromatic heterocycles. The van der Waals surface area contributed by atoms with Gasteiger partial charge in [0.05, 0.1) is 0 Å². The maximum atomic E-state index is 10.5. The lowest BCUT2D eigenvalue weighted by Crippen LogP contribution is -1.97. The lowest BCUT2D eigenvalue weighted by atomic mass is 10.1. The monoisotopic (exact) mass is 208 g/mol. The fourth-order valence-electron chi connectivity index (χ4n) is 1.35. The third-order valence-corrected chi connectivity index (χ3v) is 2.23. The lowest BCUT2D eigenvalue weighted by Gasteiger charge is -2.03. The van der Waals surface area contributed by atoms with Crippen molar-refractivity contribution in [2.45, 2.75) is 0 Å². The highest BCUT2D eigenvalue weighted by Crippen LogP contribution is 2.25. The van der Waals surface area contributed by atoms with Crippen LogP contribution < -0.4 is 4.18 Å². The van der Waals surface area contributed by atoms with E-state index in [0.717, 1.165) is 10.8 Å². The molecule has 0 bridgehead atoms. The fourth-order valence-corrected chi connectivity index (χ4v) is 1.64. The summed E-state index contributed by atoms with van der Waals surface area (Å²) in [6.45, 7) is 0.